The van der Waals surface area contributed by atoms with E-state index in [2.05, 4.69) is 11.4 Å². The summed E-state index contributed by atoms with van der Waals surface area (Å²) in [4.78, 5) is 12.3. The molecule has 4 heteroatoms. The van der Waals surface area contributed by atoms with Crippen molar-refractivity contribution in [1.29, 1.82) is 0 Å². The van der Waals surface area contributed by atoms with E-state index in [-0.39, 0.29) is 5.91 Å². The number of hydrogen-bond donors (Lipinski definition) is 1. The van der Waals surface area contributed by atoms with Gasteiger partial charge in [-0.15, -0.1) is 0 Å². The molecular weight excluding hydrogens is 314 g/mol. The summed E-state index contributed by atoms with van der Waals surface area (Å²) < 4.78 is 11.5. The number of ether oxygens (including phenoxy) is 2. The second-order valence-corrected chi connectivity index (χ2v) is 6.29. The van der Waals surface area contributed by atoms with Crippen molar-refractivity contribution in [1.82, 2.24) is 5.32 Å². The van der Waals surface area contributed by atoms with Crippen LogP contribution in [0.5, 0.6) is 11.5 Å². The molecule has 0 aliphatic carbocycles. The van der Waals surface area contributed by atoms with E-state index in [1.165, 1.54) is 5.56 Å². The van der Waals surface area contributed by atoms with Crippen molar-refractivity contribution in [3.63, 3.8) is 0 Å². The Balaban J connectivity index is 1.80. The van der Waals surface area contributed by atoms with E-state index >= 15 is 0 Å². The third kappa shape index (κ3) is 6.14. The summed E-state index contributed by atoms with van der Waals surface area (Å²) in [5.41, 5.74) is 3.43. The molecule has 0 aromatic heterocycles. The molecule has 134 valence electrons. The van der Waals surface area contributed by atoms with Crippen molar-refractivity contribution >= 4 is 5.91 Å². The molecule has 0 fully saturated rings. The Labute approximate surface area is 150 Å². The number of nitrogens with one attached hydrogen (secondary N) is 1. The first-order valence-corrected chi connectivity index (χ1v) is 8.70. The molecule has 0 spiro atoms. The van der Waals surface area contributed by atoms with Gasteiger partial charge in [0.25, 0.3) is 5.91 Å². The SMILES string of the molecule is CC[C@H](Oc1cc(C)cc(C)c1)C(=O)NCCOc1ccc(C)cc1. The lowest BCUT2D eigenvalue weighted by Crippen LogP contribution is -2.39. The number of carbonyl (C=O) groups excluding carboxylic acids is 1. The smallest absolute Gasteiger partial charge is 0.261 e. The van der Waals surface area contributed by atoms with Crippen molar-refractivity contribution in [2.75, 3.05) is 13.2 Å². The molecule has 0 radical (unpaired) electrons. The average molecular weight is 341 g/mol. The Kier molecular flexibility index (Phi) is 6.87. The Morgan fingerprint density at radius 3 is 2.20 bits per heavy atom. The molecule has 1 atom stereocenters. The molecule has 4 nitrogen and oxygen atoms in total. The van der Waals surface area contributed by atoms with Crippen LogP contribution in [0.4, 0.5) is 0 Å². The van der Waals surface area contributed by atoms with E-state index in [9.17, 15) is 4.79 Å². The van der Waals surface area contributed by atoms with Gasteiger partial charge < -0.3 is 14.8 Å². The summed E-state index contributed by atoms with van der Waals surface area (Å²) >= 11 is 0. The van der Waals surface area contributed by atoms with Crippen LogP contribution in [-0.2, 0) is 4.79 Å². The van der Waals surface area contributed by atoms with E-state index in [1.807, 2.05) is 64.1 Å². The minimum atomic E-state index is -0.499. The topological polar surface area (TPSA) is 47.6 Å². The Morgan fingerprint density at radius 1 is 0.960 bits per heavy atom. The van der Waals surface area contributed by atoms with Gasteiger partial charge in [0, 0.05) is 0 Å². The number of rotatable bonds is 8. The quantitative estimate of drug-likeness (QED) is 0.739. The molecular formula is C21H27NO3. The number of hydrogen-bond acceptors (Lipinski definition) is 3. The highest BCUT2D eigenvalue weighted by atomic mass is 16.5. The van der Waals surface area contributed by atoms with E-state index in [4.69, 9.17) is 9.47 Å². The van der Waals surface area contributed by atoms with Crippen molar-refractivity contribution in [3.8, 4) is 11.5 Å². The van der Waals surface area contributed by atoms with Gasteiger partial charge in [-0.25, -0.2) is 0 Å². The van der Waals surface area contributed by atoms with Crippen LogP contribution >= 0.6 is 0 Å². The highest BCUT2D eigenvalue weighted by Gasteiger charge is 2.18. The normalized spacial score (nSPS) is 11.7. The standard InChI is InChI=1S/C21H27NO3/c1-5-20(25-19-13-16(3)12-17(4)14-19)21(23)22-10-11-24-18-8-6-15(2)7-9-18/h6-9,12-14,20H,5,10-11H2,1-4H3,(H,22,23)/t20-/m0/s1. The molecule has 25 heavy (non-hydrogen) atoms. The summed E-state index contributed by atoms with van der Waals surface area (Å²) in [7, 11) is 0. The van der Waals surface area contributed by atoms with Crippen molar-refractivity contribution in [3.05, 3.63) is 59.2 Å². The maximum atomic E-state index is 12.3. The molecule has 2 aromatic rings. The first-order chi connectivity index (χ1) is 12.0. The zero-order valence-electron chi connectivity index (χ0n) is 15.5. The first kappa shape index (κ1) is 18.8. The van der Waals surface area contributed by atoms with Gasteiger partial charge in [-0.3, -0.25) is 4.79 Å². The molecule has 0 saturated carbocycles. The van der Waals surface area contributed by atoms with E-state index < -0.39 is 6.10 Å². The van der Waals surface area contributed by atoms with Gasteiger partial charge >= 0.3 is 0 Å². The van der Waals surface area contributed by atoms with Crippen LogP contribution < -0.4 is 14.8 Å². The van der Waals surface area contributed by atoms with Crippen molar-refractivity contribution < 1.29 is 14.3 Å². The maximum absolute atomic E-state index is 12.3. The van der Waals surface area contributed by atoms with E-state index in [0.29, 0.717) is 19.6 Å². The van der Waals surface area contributed by atoms with Gasteiger partial charge in [0.1, 0.15) is 18.1 Å². The molecule has 1 amide bonds. The fourth-order valence-corrected chi connectivity index (χ4v) is 2.58. The number of amides is 1. The number of aryl methyl sites for hydroxylation is 3. The molecule has 0 bridgehead atoms. The molecule has 0 aliphatic rings. The molecule has 0 unspecified atom stereocenters. The zero-order chi connectivity index (χ0) is 18.2. The predicted molar refractivity (Wildman–Crippen MR) is 100 cm³/mol. The summed E-state index contributed by atoms with van der Waals surface area (Å²) in [6, 6.07) is 13.8. The summed E-state index contributed by atoms with van der Waals surface area (Å²) in [6.45, 7) is 8.88. The van der Waals surface area contributed by atoms with Crippen LogP contribution in [0.25, 0.3) is 0 Å². The lowest BCUT2D eigenvalue weighted by atomic mass is 10.1. The second-order valence-electron chi connectivity index (χ2n) is 6.29. The van der Waals surface area contributed by atoms with Gasteiger partial charge in [-0.05, 0) is 62.6 Å². The van der Waals surface area contributed by atoms with Crippen molar-refractivity contribution in [2.24, 2.45) is 0 Å². The summed E-state index contributed by atoms with van der Waals surface area (Å²) in [5, 5.41) is 2.88. The molecule has 0 aliphatic heterocycles. The summed E-state index contributed by atoms with van der Waals surface area (Å²) in [5.74, 6) is 1.42. The third-order valence-corrected chi connectivity index (χ3v) is 3.83. The summed E-state index contributed by atoms with van der Waals surface area (Å²) in [6.07, 6.45) is 0.109. The fourth-order valence-electron chi connectivity index (χ4n) is 2.58. The van der Waals surface area contributed by atoms with Crippen LogP contribution in [0.3, 0.4) is 0 Å². The molecule has 2 rings (SSSR count). The van der Waals surface area contributed by atoms with Gasteiger partial charge in [-0.2, -0.15) is 0 Å². The minimum Gasteiger partial charge on any atom is -0.492 e. The number of benzene rings is 2. The number of carbonyl (C=O) groups is 1. The van der Waals surface area contributed by atoms with Crippen LogP contribution in [-0.4, -0.2) is 25.2 Å². The Bertz CT molecular complexity index is 675. The van der Waals surface area contributed by atoms with Gasteiger partial charge in [0.15, 0.2) is 6.10 Å². The van der Waals surface area contributed by atoms with Crippen LogP contribution in [0.1, 0.15) is 30.0 Å². The second kappa shape index (κ2) is 9.11. The van der Waals surface area contributed by atoms with Gasteiger partial charge in [-0.1, -0.05) is 30.7 Å². The molecule has 2 aromatic carbocycles. The van der Waals surface area contributed by atoms with E-state index in [1.54, 1.807) is 0 Å². The fraction of sp³-hybridized carbons (Fsp3) is 0.381. The van der Waals surface area contributed by atoms with Gasteiger partial charge in [0.2, 0.25) is 0 Å². The highest BCUT2D eigenvalue weighted by Crippen LogP contribution is 2.18. The molecule has 0 heterocycles. The Hall–Kier alpha value is -2.49. The predicted octanol–water partition coefficient (Wildman–Crippen LogP) is 3.96. The van der Waals surface area contributed by atoms with Crippen LogP contribution in [0.15, 0.2) is 42.5 Å². The van der Waals surface area contributed by atoms with E-state index in [0.717, 1.165) is 22.6 Å². The average Bonchev–Trinajstić information content (AvgIpc) is 2.57. The van der Waals surface area contributed by atoms with Crippen LogP contribution in [0.2, 0.25) is 0 Å². The third-order valence-electron chi connectivity index (χ3n) is 3.83. The molecule has 0 saturated heterocycles. The first-order valence-electron chi connectivity index (χ1n) is 8.70. The lowest BCUT2D eigenvalue weighted by Gasteiger charge is -2.18. The lowest BCUT2D eigenvalue weighted by molar-refractivity contribution is -0.128. The van der Waals surface area contributed by atoms with Gasteiger partial charge in [0.05, 0.1) is 6.54 Å². The molecule has 1 N–H and O–H groups in total. The highest BCUT2D eigenvalue weighted by molar-refractivity contribution is 5.81. The maximum Gasteiger partial charge on any atom is 0.261 e. The van der Waals surface area contributed by atoms with Crippen LogP contribution in [0, 0.1) is 20.8 Å². The minimum absolute atomic E-state index is 0.117. The monoisotopic (exact) mass is 341 g/mol. The zero-order valence-corrected chi connectivity index (χ0v) is 15.5. The Morgan fingerprint density at radius 2 is 1.60 bits per heavy atom. The van der Waals surface area contributed by atoms with Crippen molar-refractivity contribution in [2.45, 2.75) is 40.2 Å². The largest absolute Gasteiger partial charge is 0.492 e.